The number of amides is 1. The van der Waals surface area contributed by atoms with Gasteiger partial charge in [-0.05, 0) is 70.3 Å². The Hall–Kier alpha value is -2.03. The first kappa shape index (κ1) is 77.0. The zero-order valence-corrected chi connectivity index (χ0v) is 54.0. The van der Waals surface area contributed by atoms with Crippen molar-refractivity contribution in [2.75, 3.05) is 40.9 Å². The fraction of sp³-hybridized carbons (Fsp3) is 0.855. The van der Waals surface area contributed by atoms with E-state index in [2.05, 4.69) is 62.5 Å². The second-order valence-electron chi connectivity index (χ2n) is 24.3. The summed E-state index contributed by atoms with van der Waals surface area (Å²) >= 11 is 0. The molecule has 1 amide bonds. The lowest BCUT2D eigenvalue weighted by atomic mass is 10.0. The fourth-order valence-electron chi connectivity index (χ4n) is 10.0. The number of quaternary nitrogens is 1. The van der Waals surface area contributed by atoms with E-state index < -0.39 is 20.0 Å². The van der Waals surface area contributed by atoms with Gasteiger partial charge in [-0.1, -0.05) is 294 Å². The van der Waals surface area contributed by atoms with E-state index in [4.69, 9.17) is 13.8 Å². The van der Waals surface area contributed by atoms with Gasteiger partial charge in [0, 0.05) is 12.8 Å². The zero-order chi connectivity index (χ0) is 57.9. The number of carbonyl (C=O) groups excluding carboxylic acids is 2. The first-order valence-electron chi connectivity index (χ1n) is 33.9. The molecular formula is C69H131N2O7P. The molecule has 3 unspecified atom stereocenters. The summed E-state index contributed by atoms with van der Waals surface area (Å²) in [7, 11) is 1.20. The Labute approximate surface area is 490 Å². The van der Waals surface area contributed by atoms with Crippen molar-refractivity contribution < 1.29 is 37.3 Å². The minimum absolute atomic E-state index is 0.0201. The van der Waals surface area contributed by atoms with Crippen LogP contribution in [0.3, 0.4) is 0 Å². The van der Waals surface area contributed by atoms with Crippen LogP contribution in [-0.2, 0) is 27.9 Å². The number of phosphoric acid groups is 1. The van der Waals surface area contributed by atoms with Crippen molar-refractivity contribution in [1.29, 1.82) is 0 Å². The van der Waals surface area contributed by atoms with Crippen molar-refractivity contribution in [3.8, 4) is 0 Å². The molecular weight excluding hydrogens is 1000 g/mol. The van der Waals surface area contributed by atoms with Gasteiger partial charge in [-0.15, -0.1) is 0 Å². The molecule has 464 valence electrons. The van der Waals surface area contributed by atoms with Gasteiger partial charge >= 0.3 is 5.97 Å². The molecule has 1 N–H and O–H groups in total. The normalized spacial score (nSPS) is 13.9. The molecule has 0 spiro atoms. The SMILES string of the molecule is CCCCC/C=C\C/C=C\C/C=C\CCCCCCCCCCCCCCCCC(=O)OC(/C=C\CCCCCCCCCCCCC)C(COP(=O)([O-])OCC[N+](C)(C)C)NC(=O)CCCCCCCCCCCCCCC. The highest BCUT2D eigenvalue weighted by atomic mass is 31.2. The number of nitrogens with one attached hydrogen (secondary N) is 1. The number of hydrogen-bond donors (Lipinski definition) is 1. The number of hydrogen-bond acceptors (Lipinski definition) is 7. The van der Waals surface area contributed by atoms with E-state index in [1.807, 2.05) is 33.3 Å². The molecule has 0 heterocycles. The summed E-state index contributed by atoms with van der Waals surface area (Å²) in [6.07, 6.45) is 73.7. The van der Waals surface area contributed by atoms with Gasteiger partial charge in [0.1, 0.15) is 19.3 Å². The summed E-state index contributed by atoms with van der Waals surface area (Å²) in [5.74, 6) is -0.527. The average molecular weight is 1130 g/mol. The van der Waals surface area contributed by atoms with Crippen LogP contribution in [0.2, 0.25) is 0 Å². The molecule has 0 rings (SSSR count). The van der Waals surface area contributed by atoms with Crippen LogP contribution in [0.5, 0.6) is 0 Å². The molecule has 0 aliphatic carbocycles. The number of unbranched alkanes of at least 4 members (excludes halogenated alkanes) is 40. The van der Waals surface area contributed by atoms with Crippen molar-refractivity contribution >= 4 is 19.7 Å². The van der Waals surface area contributed by atoms with Gasteiger partial charge in [0.15, 0.2) is 0 Å². The molecule has 0 bridgehead atoms. The zero-order valence-electron chi connectivity index (χ0n) is 53.1. The highest BCUT2D eigenvalue weighted by Gasteiger charge is 2.27. The van der Waals surface area contributed by atoms with E-state index in [1.54, 1.807) is 0 Å². The second kappa shape index (κ2) is 59.1. The molecule has 0 fully saturated rings. The fourth-order valence-corrected chi connectivity index (χ4v) is 10.7. The van der Waals surface area contributed by atoms with Crippen LogP contribution >= 0.6 is 7.82 Å². The minimum Gasteiger partial charge on any atom is -0.756 e. The molecule has 0 saturated heterocycles. The van der Waals surface area contributed by atoms with Gasteiger partial charge in [-0.25, -0.2) is 0 Å². The quantitative estimate of drug-likeness (QED) is 0.0212. The first-order valence-corrected chi connectivity index (χ1v) is 35.4. The summed E-state index contributed by atoms with van der Waals surface area (Å²) in [4.78, 5) is 40.1. The molecule has 0 aliphatic heterocycles. The van der Waals surface area contributed by atoms with E-state index >= 15 is 0 Å². The van der Waals surface area contributed by atoms with E-state index in [9.17, 15) is 19.0 Å². The number of rotatable bonds is 62. The van der Waals surface area contributed by atoms with Crippen LogP contribution in [0.4, 0.5) is 0 Å². The number of allylic oxidation sites excluding steroid dienone is 7. The van der Waals surface area contributed by atoms with Crippen LogP contribution in [0.15, 0.2) is 48.6 Å². The molecule has 79 heavy (non-hydrogen) atoms. The smallest absolute Gasteiger partial charge is 0.306 e. The van der Waals surface area contributed by atoms with E-state index in [0.29, 0.717) is 17.4 Å². The largest absolute Gasteiger partial charge is 0.756 e. The lowest BCUT2D eigenvalue weighted by Gasteiger charge is -2.30. The third-order valence-corrected chi connectivity index (χ3v) is 16.2. The summed E-state index contributed by atoms with van der Waals surface area (Å²) in [5, 5.41) is 3.04. The van der Waals surface area contributed by atoms with Crippen LogP contribution in [0.25, 0.3) is 0 Å². The number of nitrogens with zero attached hydrogens (tertiary/aromatic N) is 1. The third-order valence-electron chi connectivity index (χ3n) is 15.3. The topological polar surface area (TPSA) is 114 Å². The Morgan fingerprint density at radius 1 is 0.443 bits per heavy atom. The first-order chi connectivity index (χ1) is 38.4. The van der Waals surface area contributed by atoms with E-state index in [0.717, 1.165) is 70.6 Å². The van der Waals surface area contributed by atoms with Crippen molar-refractivity contribution in [2.24, 2.45) is 0 Å². The highest BCUT2D eigenvalue weighted by molar-refractivity contribution is 7.45. The number of phosphoric ester groups is 1. The van der Waals surface area contributed by atoms with Crippen molar-refractivity contribution in [3.63, 3.8) is 0 Å². The van der Waals surface area contributed by atoms with E-state index in [-0.39, 0.29) is 31.5 Å². The maximum Gasteiger partial charge on any atom is 0.306 e. The lowest BCUT2D eigenvalue weighted by Crippen LogP contribution is -2.47. The Balaban J connectivity index is 5.02. The Bertz CT molecular complexity index is 1490. The third kappa shape index (κ3) is 60.4. The molecule has 0 aromatic rings. The Morgan fingerprint density at radius 2 is 0.772 bits per heavy atom. The Morgan fingerprint density at radius 3 is 1.18 bits per heavy atom. The summed E-state index contributed by atoms with van der Waals surface area (Å²) in [5.41, 5.74) is 0. The number of esters is 1. The minimum atomic E-state index is -4.70. The molecule has 3 atom stereocenters. The predicted octanol–water partition coefficient (Wildman–Crippen LogP) is 20.6. The molecule has 10 heteroatoms. The number of ether oxygens (including phenoxy) is 1. The molecule has 9 nitrogen and oxygen atoms in total. The average Bonchev–Trinajstić information content (AvgIpc) is 3.41. The molecule has 0 saturated carbocycles. The maximum absolute atomic E-state index is 13.5. The van der Waals surface area contributed by atoms with Crippen molar-refractivity contribution in [2.45, 2.75) is 341 Å². The Kier molecular flexibility index (Phi) is 57.6. The standard InChI is InChI=1S/C69H131N2O7P/c1-7-10-13-16-19-22-25-28-29-30-31-32-33-34-35-36-37-38-39-40-41-44-47-50-53-56-59-62-69(73)78-67(60-57-54-51-48-45-42-26-23-20-17-14-11-8-2)66(65-77-79(74,75)76-64-63-71(4,5)6)70-68(72)61-58-55-52-49-46-43-27-24-21-18-15-12-9-3/h19,22,28-29,31-32,57,60,66-67H,7-18,20-21,23-27,30,33-56,58-59,61-65H2,1-6H3,(H-,70,72,74,75)/b22-19-,29-28-,32-31-,60-57-. The van der Waals surface area contributed by atoms with Gasteiger partial charge in [0.05, 0.1) is 33.8 Å². The van der Waals surface area contributed by atoms with Gasteiger partial charge in [0.2, 0.25) is 5.91 Å². The van der Waals surface area contributed by atoms with Crippen molar-refractivity contribution in [3.05, 3.63) is 48.6 Å². The maximum atomic E-state index is 13.5. The van der Waals surface area contributed by atoms with Crippen LogP contribution < -0.4 is 10.2 Å². The molecule has 0 aromatic carbocycles. The highest BCUT2D eigenvalue weighted by Crippen LogP contribution is 2.38. The van der Waals surface area contributed by atoms with Gasteiger partial charge in [-0.2, -0.15) is 0 Å². The van der Waals surface area contributed by atoms with Gasteiger partial charge in [-0.3, -0.25) is 14.2 Å². The summed E-state index contributed by atoms with van der Waals surface area (Å²) in [6.45, 7) is 6.85. The van der Waals surface area contributed by atoms with Gasteiger partial charge < -0.3 is 28.5 Å². The number of likely N-dealkylation sites (N-methyl/N-ethyl adjacent to an activating group) is 1. The predicted molar refractivity (Wildman–Crippen MR) is 339 cm³/mol. The van der Waals surface area contributed by atoms with Crippen LogP contribution in [0, 0.1) is 0 Å². The summed E-state index contributed by atoms with van der Waals surface area (Å²) in [6, 6.07) is -0.885. The summed E-state index contributed by atoms with van der Waals surface area (Å²) < 4.78 is 30.4. The monoisotopic (exact) mass is 1130 g/mol. The van der Waals surface area contributed by atoms with E-state index in [1.165, 1.54) is 225 Å². The lowest BCUT2D eigenvalue weighted by molar-refractivity contribution is -0.870. The molecule has 0 radical (unpaired) electrons. The molecule has 0 aromatic heterocycles. The van der Waals surface area contributed by atoms with Crippen LogP contribution in [0.1, 0.15) is 329 Å². The van der Waals surface area contributed by atoms with Gasteiger partial charge in [0.25, 0.3) is 7.82 Å². The van der Waals surface area contributed by atoms with Crippen molar-refractivity contribution in [1.82, 2.24) is 5.32 Å². The second-order valence-corrected chi connectivity index (χ2v) is 25.7. The van der Waals surface area contributed by atoms with Crippen LogP contribution in [-0.4, -0.2) is 69.4 Å². The number of carbonyl (C=O) groups is 2. The molecule has 0 aliphatic rings.